The zero-order chi connectivity index (χ0) is 12.9. The zero-order valence-electron chi connectivity index (χ0n) is 11.4. The SMILES string of the molecule is CNCC(Cc1cccc(Br)c1)C[Si](C)(C)C. The lowest BCUT2D eigenvalue weighted by molar-refractivity contribution is 0.535. The van der Waals surface area contributed by atoms with E-state index < -0.39 is 8.07 Å². The summed E-state index contributed by atoms with van der Waals surface area (Å²) in [5.41, 5.74) is 1.44. The van der Waals surface area contributed by atoms with Gasteiger partial charge in [-0.3, -0.25) is 0 Å². The lowest BCUT2D eigenvalue weighted by Gasteiger charge is -2.24. The van der Waals surface area contributed by atoms with Crippen LogP contribution >= 0.6 is 15.9 Å². The molecular formula is C14H24BrNSi. The predicted molar refractivity (Wildman–Crippen MR) is 83.4 cm³/mol. The second-order valence-corrected chi connectivity index (χ2v) is 12.5. The van der Waals surface area contributed by atoms with Gasteiger partial charge in [-0.2, -0.15) is 0 Å². The zero-order valence-corrected chi connectivity index (χ0v) is 14.0. The first-order chi connectivity index (χ1) is 7.90. The van der Waals surface area contributed by atoms with Crippen LogP contribution in [0.1, 0.15) is 5.56 Å². The summed E-state index contributed by atoms with van der Waals surface area (Å²) >= 11 is 3.55. The van der Waals surface area contributed by atoms with Crippen LogP contribution in [0.5, 0.6) is 0 Å². The standard InChI is InChI=1S/C14H24BrNSi/c1-16-10-13(11-17(2,3)4)8-12-6-5-7-14(15)9-12/h5-7,9,13,16H,8,10-11H2,1-4H3. The van der Waals surface area contributed by atoms with Gasteiger partial charge in [-0.15, -0.1) is 0 Å². The maximum Gasteiger partial charge on any atom is 0.0446 e. The molecule has 1 aromatic rings. The molecule has 0 saturated carbocycles. The van der Waals surface area contributed by atoms with Crippen LogP contribution in [0.25, 0.3) is 0 Å². The highest BCUT2D eigenvalue weighted by Crippen LogP contribution is 2.22. The minimum absolute atomic E-state index is 0.765. The topological polar surface area (TPSA) is 12.0 Å². The summed E-state index contributed by atoms with van der Waals surface area (Å²) in [6.07, 6.45) is 1.19. The Morgan fingerprint density at radius 2 is 2.00 bits per heavy atom. The van der Waals surface area contributed by atoms with E-state index in [-0.39, 0.29) is 0 Å². The molecule has 0 amide bonds. The molecule has 1 unspecified atom stereocenters. The number of rotatable bonds is 6. The normalized spacial score (nSPS) is 13.7. The monoisotopic (exact) mass is 313 g/mol. The smallest absolute Gasteiger partial charge is 0.0446 e. The number of halogens is 1. The summed E-state index contributed by atoms with van der Waals surface area (Å²) in [6, 6.07) is 10.1. The summed E-state index contributed by atoms with van der Waals surface area (Å²) < 4.78 is 1.19. The van der Waals surface area contributed by atoms with Crippen molar-refractivity contribution in [2.45, 2.75) is 32.1 Å². The molecule has 0 aromatic heterocycles. The van der Waals surface area contributed by atoms with Crippen molar-refractivity contribution < 1.29 is 0 Å². The molecule has 0 heterocycles. The maximum absolute atomic E-state index is 3.55. The van der Waals surface area contributed by atoms with Gasteiger partial charge in [0, 0.05) is 12.5 Å². The van der Waals surface area contributed by atoms with Crippen LogP contribution in [0, 0.1) is 5.92 Å². The second kappa shape index (κ2) is 6.71. The van der Waals surface area contributed by atoms with Gasteiger partial charge in [0.05, 0.1) is 0 Å². The van der Waals surface area contributed by atoms with Gasteiger partial charge in [-0.1, -0.05) is 53.7 Å². The van der Waals surface area contributed by atoms with E-state index >= 15 is 0 Å². The van der Waals surface area contributed by atoms with Gasteiger partial charge < -0.3 is 5.32 Å². The molecule has 96 valence electrons. The van der Waals surface area contributed by atoms with E-state index in [2.05, 4.69) is 72.2 Å². The summed E-state index contributed by atoms with van der Waals surface area (Å²) in [6.45, 7) is 8.49. The third-order valence-electron chi connectivity index (χ3n) is 2.81. The van der Waals surface area contributed by atoms with Crippen molar-refractivity contribution in [3.63, 3.8) is 0 Å². The van der Waals surface area contributed by atoms with Gasteiger partial charge in [0.2, 0.25) is 0 Å². The van der Waals surface area contributed by atoms with Crippen LogP contribution < -0.4 is 5.32 Å². The fourth-order valence-electron chi connectivity index (χ4n) is 2.37. The maximum atomic E-state index is 3.55. The quantitative estimate of drug-likeness (QED) is 0.777. The highest BCUT2D eigenvalue weighted by molar-refractivity contribution is 9.10. The van der Waals surface area contributed by atoms with Crippen LogP contribution in [0.2, 0.25) is 25.7 Å². The van der Waals surface area contributed by atoms with Gasteiger partial charge in [0.25, 0.3) is 0 Å². The average molecular weight is 314 g/mol. The Labute approximate surface area is 115 Å². The summed E-state index contributed by atoms with van der Waals surface area (Å²) in [5, 5.41) is 3.34. The molecule has 1 rings (SSSR count). The Morgan fingerprint density at radius 3 is 2.53 bits per heavy atom. The Kier molecular flexibility index (Phi) is 5.90. The fourth-order valence-corrected chi connectivity index (χ4v) is 4.84. The molecule has 1 atom stereocenters. The van der Waals surface area contributed by atoms with Gasteiger partial charge in [-0.05, 0) is 43.6 Å². The summed E-state index contributed by atoms with van der Waals surface area (Å²) in [5.74, 6) is 0.765. The van der Waals surface area contributed by atoms with Crippen LogP contribution in [-0.4, -0.2) is 21.7 Å². The van der Waals surface area contributed by atoms with E-state index in [1.165, 1.54) is 22.5 Å². The van der Waals surface area contributed by atoms with E-state index in [4.69, 9.17) is 0 Å². The molecule has 1 nitrogen and oxygen atoms in total. The Balaban J connectivity index is 2.66. The van der Waals surface area contributed by atoms with Crippen molar-refractivity contribution in [1.82, 2.24) is 5.32 Å². The Hall–Kier alpha value is -0.123. The van der Waals surface area contributed by atoms with Gasteiger partial charge in [-0.25, -0.2) is 0 Å². The van der Waals surface area contributed by atoms with Crippen LogP contribution in [0.4, 0.5) is 0 Å². The third kappa shape index (κ3) is 6.39. The number of nitrogens with one attached hydrogen (secondary N) is 1. The Morgan fingerprint density at radius 1 is 1.29 bits per heavy atom. The van der Waals surface area contributed by atoms with E-state index in [0.717, 1.165) is 12.5 Å². The first kappa shape index (κ1) is 14.9. The number of hydrogen-bond acceptors (Lipinski definition) is 1. The van der Waals surface area contributed by atoms with Crippen LogP contribution in [-0.2, 0) is 6.42 Å². The molecule has 0 fully saturated rings. The van der Waals surface area contributed by atoms with Crippen LogP contribution in [0.3, 0.4) is 0 Å². The van der Waals surface area contributed by atoms with Crippen molar-refractivity contribution >= 4 is 24.0 Å². The van der Waals surface area contributed by atoms with Crippen molar-refractivity contribution in [1.29, 1.82) is 0 Å². The van der Waals surface area contributed by atoms with Gasteiger partial charge >= 0.3 is 0 Å². The molecule has 0 radical (unpaired) electrons. The number of hydrogen-bond donors (Lipinski definition) is 1. The summed E-state index contributed by atoms with van der Waals surface area (Å²) in [4.78, 5) is 0. The van der Waals surface area contributed by atoms with E-state index in [0.29, 0.717) is 0 Å². The molecule has 17 heavy (non-hydrogen) atoms. The Bertz CT molecular complexity index is 346. The van der Waals surface area contributed by atoms with Crippen molar-refractivity contribution in [3.8, 4) is 0 Å². The van der Waals surface area contributed by atoms with E-state index in [1.807, 2.05) is 0 Å². The molecular weight excluding hydrogens is 290 g/mol. The summed E-state index contributed by atoms with van der Waals surface area (Å²) in [7, 11) is 1.08. The molecule has 1 N–H and O–H groups in total. The molecule has 0 spiro atoms. The first-order valence-corrected chi connectivity index (χ1v) is 10.8. The predicted octanol–water partition coefficient (Wildman–Crippen LogP) is 4.17. The van der Waals surface area contributed by atoms with Crippen molar-refractivity contribution in [2.24, 2.45) is 5.92 Å². The van der Waals surface area contributed by atoms with Gasteiger partial charge in [0.15, 0.2) is 0 Å². The fraction of sp³-hybridized carbons (Fsp3) is 0.571. The minimum Gasteiger partial charge on any atom is -0.319 e. The van der Waals surface area contributed by atoms with Crippen LogP contribution in [0.15, 0.2) is 28.7 Å². The molecule has 3 heteroatoms. The molecule has 0 aliphatic heterocycles. The van der Waals surface area contributed by atoms with E-state index in [9.17, 15) is 0 Å². The largest absolute Gasteiger partial charge is 0.319 e. The number of benzene rings is 1. The minimum atomic E-state index is -0.977. The van der Waals surface area contributed by atoms with Crippen molar-refractivity contribution in [3.05, 3.63) is 34.3 Å². The molecule has 0 saturated heterocycles. The highest BCUT2D eigenvalue weighted by Gasteiger charge is 2.20. The average Bonchev–Trinajstić information content (AvgIpc) is 2.15. The lowest BCUT2D eigenvalue weighted by atomic mass is 10.0. The first-order valence-electron chi connectivity index (χ1n) is 6.30. The molecule has 0 bridgehead atoms. The third-order valence-corrected chi connectivity index (χ3v) is 5.10. The molecule has 1 aromatic carbocycles. The van der Waals surface area contributed by atoms with Gasteiger partial charge in [0.1, 0.15) is 0 Å². The van der Waals surface area contributed by atoms with E-state index in [1.54, 1.807) is 0 Å². The molecule has 0 aliphatic carbocycles. The lowest BCUT2D eigenvalue weighted by Crippen LogP contribution is -2.30. The second-order valence-electron chi connectivity index (χ2n) is 6.02. The molecule has 0 aliphatic rings. The van der Waals surface area contributed by atoms with Crippen molar-refractivity contribution in [2.75, 3.05) is 13.6 Å². The highest BCUT2D eigenvalue weighted by atomic mass is 79.9.